The average Bonchev–Trinajstić information content (AvgIpc) is 2.26. The number of thioether (sulfide) groups is 1. The van der Waals surface area contributed by atoms with E-state index in [0.717, 1.165) is 5.69 Å². The molecule has 14 heavy (non-hydrogen) atoms. The van der Waals surface area contributed by atoms with Gasteiger partial charge >= 0.3 is 0 Å². The van der Waals surface area contributed by atoms with Crippen molar-refractivity contribution < 1.29 is 0 Å². The molecule has 0 spiro atoms. The van der Waals surface area contributed by atoms with Gasteiger partial charge in [0, 0.05) is 18.0 Å². The van der Waals surface area contributed by atoms with Crippen molar-refractivity contribution in [3.63, 3.8) is 0 Å². The SMILES string of the molecule is CCC(C)SC(CN)c1ccccn1. The van der Waals surface area contributed by atoms with Crippen LogP contribution in [0.3, 0.4) is 0 Å². The number of nitrogens with two attached hydrogens (primary N) is 1. The summed E-state index contributed by atoms with van der Waals surface area (Å²) in [6.45, 7) is 5.09. The highest BCUT2D eigenvalue weighted by Crippen LogP contribution is 2.30. The van der Waals surface area contributed by atoms with Gasteiger partial charge in [0.15, 0.2) is 0 Å². The van der Waals surface area contributed by atoms with Gasteiger partial charge in [-0.05, 0) is 18.6 Å². The quantitative estimate of drug-likeness (QED) is 0.812. The minimum Gasteiger partial charge on any atom is -0.329 e. The number of aromatic nitrogens is 1. The van der Waals surface area contributed by atoms with Crippen molar-refractivity contribution in [2.45, 2.75) is 30.8 Å². The first-order valence-electron chi connectivity index (χ1n) is 5.04. The van der Waals surface area contributed by atoms with Crippen LogP contribution in [0.2, 0.25) is 0 Å². The van der Waals surface area contributed by atoms with E-state index in [9.17, 15) is 0 Å². The largest absolute Gasteiger partial charge is 0.329 e. The van der Waals surface area contributed by atoms with Crippen LogP contribution in [-0.2, 0) is 0 Å². The Morgan fingerprint density at radius 2 is 2.29 bits per heavy atom. The molecular weight excluding hydrogens is 192 g/mol. The Morgan fingerprint density at radius 3 is 2.79 bits per heavy atom. The minimum absolute atomic E-state index is 0.339. The summed E-state index contributed by atoms with van der Waals surface area (Å²) in [6.07, 6.45) is 3.00. The molecule has 78 valence electrons. The smallest absolute Gasteiger partial charge is 0.0595 e. The Bertz CT molecular complexity index is 251. The number of hydrogen-bond acceptors (Lipinski definition) is 3. The average molecular weight is 210 g/mol. The standard InChI is InChI=1S/C11H18N2S/c1-3-9(2)14-11(8-12)10-6-4-5-7-13-10/h4-7,9,11H,3,8,12H2,1-2H3. The molecule has 1 aromatic rings. The summed E-state index contributed by atoms with van der Waals surface area (Å²) in [5, 5.41) is 0.983. The van der Waals surface area contributed by atoms with E-state index in [1.807, 2.05) is 36.2 Å². The molecular formula is C11H18N2S. The topological polar surface area (TPSA) is 38.9 Å². The van der Waals surface area contributed by atoms with Crippen LogP contribution in [0.1, 0.15) is 31.2 Å². The molecule has 2 atom stereocenters. The Kier molecular flexibility index (Phi) is 4.98. The molecule has 0 fully saturated rings. The Balaban J connectivity index is 2.63. The van der Waals surface area contributed by atoms with E-state index in [1.54, 1.807) is 0 Å². The Morgan fingerprint density at radius 1 is 1.50 bits per heavy atom. The fourth-order valence-corrected chi connectivity index (χ4v) is 2.33. The molecule has 0 saturated heterocycles. The van der Waals surface area contributed by atoms with Crippen molar-refractivity contribution in [1.29, 1.82) is 0 Å². The highest BCUT2D eigenvalue weighted by molar-refractivity contribution is 8.00. The van der Waals surface area contributed by atoms with Crippen molar-refractivity contribution in [3.8, 4) is 0 Å². The van der Waals surface area contributed by atoms with Gasteiger partial charge in [-0.25, -0.2) is 0 Å². The maximum Gasteiger partial charge on any atom is 0.0595 e. The highest BCUT2D eigenvalue weighted by atomic mass is 32.2. The summed E-state index contributed by atoms with van der Waals surface area (Å²) in [7, 11) is 0. The number of hydrogen-bond donors (Lipinski definition) is 1. The lowest BCUT2D eigenvalue weighted by Gasteiger charge is -2.17. The predicted molar refractivity (Wildman–Crippen MR) is 63.4 cm³/mol. The molecule has 0 aliphatic heterocycles. The van der Waals surface area contributed by atoms with E-state index in [0.29, 0.717) is 17.0 Å². The van der Waals surface area contributed by atoms with Crippen molar-refractivity contribution in [3.05, 3.63) is 30.1 Å². The minimum atomic E-state index is 0.339. The van der Waals surface area contributed by atoms with Gasteiger partial charge in [0.05, 0.1) is 10.9 Å². The molecule has 2 unspecified atom stereocenters. The molecule has 1 rings (SSSR count). The van der Waals surface area contributed by atoms with Gasteiger partial charge in [0.1, 0.15) is 0 Å². The molecule has 0 aromatic carbocycles. The lowest BCUT2D eigenvalue weighted by Crippen LogP contribution is -2.13. The molecule has 3 heteroatoms. The fourth-order valence-electron chi connectivity index (χ4n) is 1.19. The molecule has 0 bridgehead atoms. The van der Waals surface area contributed by atoms with Crippen LogP contribution in [-0.4, -0.2) is 16.8 Å². The first-order chi connectivity index (χ1) is 6.77. The van der Waals surface area contributed by atoms with Crippen LogP contribution in [0.5, 0.6) is 0 Å². The van der Waals surface area contributed by atoms with E-state index in [-0.39, 0.29) is 0 Å². The third kappa shape index (κ3) is 3.31. The lowest BCUT2D eigenvalue weighted by atomic mass is 10.3. The van der Waals surface area contributed by atoms with E-state index < -0.39 is 0 Å². The van der Waals surface area contributed by atoms with E-state index >= 15 is 0 Å². The molecule has 1 heterocycles. The lowest BCUT2D eigenvalue weighted by molar-refractivity contribution is 0.857. The zero-order valence-electron chi connectivity index (χ0n) is 8.81. The second-order valence-corrected chi connectivity index (χ2v) is 4.98. The maximum atomic E-state index is 5.75. The highest BCUT2D eigenvalue weighted by Gasteiger charge is 2.13. The second-order valence-electron chi connectivity index (χ2n) is 3.33. The summed E-state index contributed by atoms with van der Waals surface area (Å²) in [5.74, 6) is 0. The van der Waals surface area contributed by atoms with Crippen LogP contribution < -0.4 is 5.73 Å². The molecule has 2 N–H and O–H groups in total. The summed E-state index contributed by atoms with van der Waals surface area (Å²) in [4.78, 5) is 4.34. The van der Waals surface area contributed by atoms with Gasteiger partial charge < -0.3 is 5.73 Å². The van der Waals surface area contributed by atoms with Crippen molar-refractivity contribution in [2.75, 3.05) is 6.54 Å². The third-order valence-electron chi connectivity index (χ3n) is 2.20. The molecule has 0 aliphatic carbocycles. The van der Waals surface area contributed by atoms with Gasteiger partial charge in [0.25, 0.3) is 0 Å². The van der Waals surface area contributed by atoms with Crippen LogP contribution in [0.15, 0.2) is 24.4 Å². The van der Waals surface area contributed by atoms with Crippen LogP contribution >= 0.6 is 11.8 Å². The molecule has 1 aromatic heterocycles. The molecule has 2 nitrogen and oxygen atoms in total. The van der Waals surface area contributed by atoms with Crippen LogP contribution in [0.25, 0.3) is 0 Å². The van der Waals surface area contributed by atoms with Crippen molar-refractivity contribution >= 4 is 11.8 Å². The third-order valence-corrected chi connectivity index (χ3v) is 3.76. The summed E-state index contributed by atoms with van der Waals surface area (Å²) in [5.41, 5.74) is 6.84. The molecule has 0 saturated carbocycles. The zero-order chi connectivity index (χ0) is 10.4. The van der Waals surface area contributed by atoms with Gasteiger partial charge in [-0.1, -0.05) is 19.9 Å². The molecule has 0 aliphatic rings. The van der Waals surface area contributed by atoms with E-state index in [1.165, 1.54) is 6.42 Å². The molecule has 0 amide bonds. The van der Waals surface area contributed by atoms with Gasteiger partial charge in [0.2, 0.25) is 0 Å². The Hall–Kier alpha value is -0.540. The first kappa shape index (κ1) is 11.5. The first-order valence-corrected chi connectivity index (χ1v) is 5.98. The Labute approximate surface area is 90.3 Å². The van der Waals surface area contributed by atoms with Gasteiger partial charge in [-0.15, -0.1) is 11.8 Å². The summed E-state index contributed by atoms with van der Waals surface area (Å²) < 4.78 is 0. The number of pyridine rings is 1. The summed E-state index contributed by atoms with van der Waals surface area (Å²) >= 11 is 1.91. The van der Waals surface area contributed by atoms with Crippen LogP contribution in [0.4, 0.5) is 0 Å². The molecule has 0 radical (unpaired) electrons. The maximum absolute atomic E-state index is 5.75. The van der Waals surface area contributed by atoms with E-state index in [4.69, 9.17) is 5.73 Å². The van der Waals surface area contributed by atoms with E-state index in [2.05, 4.69) is 18.8 Å². The monoisotopic (exact) mass is 210 g/mol. The zero-order valence-corrected chi connectivity index (χ0v) is 9.63. The van der Waals surface area contributed by atoms with Crippen LogP contribution in [0, 0.1) is 0 Å². The predicted octanol–water partition coefficient (Wildman–Crippen LogP) is 2.61. The van der Waals surface area contributed by atoms with Gasteiger partial charge in [-0.2, -0.15) is 0 Å². The van der Waals surface area contributed by atoms with Crippen molar-refractivity contribution in [2.24, 2.45) is 5.73 Å². The second kappa shape index (κ2) is 6.04. The van der Waals surface area contributed by atoms with Crippen molar-refractivity contribution in [1.82, 2.24) is 4.98 Å². The fraction of sp³-hybridized carbons (Fsp3) is 0.545. The van der Waals surface area contributed by atoms with Gasteiger partial charge in [-0.3, -0.25) is 4.98 Å². The summed E-state index contributed by atoms with van der Waals surface area (Å²) in [6, 6.07) is 6.00. The normalized spacial score (nSPS) is 15.1. The number of nitrogens with zero attached hydrogens (tertiary/aromatic N) is 1. The number of rotatable bonds is 5.